The molecule has 3 heterocycles. The van der Waals surface area contributed by atoms with Crippen LogP contribution in [-0.2, 0) is 24.7 Å². The average molecular weight is 342 g/mol. The van der Waals surface area contributed by atoms with Crippen molar-refractivity contribution in [3.63, 3.8) is 0 Å². The van der Waals surface area contributed by atoms with Crippen LogP contribution in [0, 0.1) is 12.8 Å². The highest BCUT2D eigenvalue weighted by molar-refractivity contribution is 5.76. The van der Waals surface area contributed by atoms with E-state index in [2.05, 4.69) is 15.1 Å². The molecule has 2 aromatic rings. The van der Waals surface area contributed by atoms with Crippen molar-refractivity contribution in [2.24, 2.45) is 13.0 Å². The highest BCUT2D eigenvalue weighted by Gasteiger charge is 2.24. The fraction of sp³-hybridized carbons (Fsp3) is 0.556. The zero-order chi connectivity index (χ0) is 17.8. The maximum Gasteiger partial charge on any atom is 0.222 e. The molecule has 0 saturated carbocycles. The first-order chi connectivity index (χ1) is 12.0. The lowest BCUT2D eigenvalue weighted by atomic mass is 9.93. The van der Waals surface area contributed by atoms with Gasteiger partial charge in [-0.1, -0.05) is 0 Å². The lowest BCUT2D eigenvalue weighted by Crippen LogP contribution is -2.40. The molecule has 1 aliphatic rings. The van der Waals surface area contributed by atoms with Crippen LogP contribution in [-0.4, -0.2) is 43.6 Å². The minimum absolute atomic E-state index is 0.222. The molecule has 0 spiro atoms. The van der Waals surface area contributed by atoms with E-state index >= 15 is 0 Å². The molecule has 0 unspecified atom stereocenters. The highest BCUT2D eigenvalue weighted by atomic mass is 16.2. The molecule has 3 rings (SSSR count). The largest absolute Gasteiger partial charge is 0.382 e. The van der Waals surface area contributed by atoms with Gasteiger partial charge in [0.1, 0.15) is 5.82 Å². The fourth-order valence-electron chi connectivity index (χ4n) is 3.56. The molecule has 2 aromatic heterocycles. The van der Waals surface area contributed by atoms with Crippen molar-refractivity contribution in [2.45, 2.75) is 39.0 Å². The Balaban J connectivity index is 1.54. The van der Waals surface area contributed by atoms with E-state index in [1.54, 1.807) is 17.1 Å². The number of aryl methyl sites for hydroxylation is 3. The van der Waals surface area contributed by atoms with E-state index in [-0.39, 0.29) is 5.91 Å². The molecule has 1 atom stereocenters. The summed E-state index contributed by atoms with van der Waals surface area (Å²) in [6, 6.07) is 0. The van der Waals surface area contributed by atoms with Crippen molar-refractivity contribution in [1.82, 2.24) is 24.6 Å². The number of anilines is 1. The maximum absolute atomic E-state index is 12.6. The summed E-state index contributed by atoms with van der Waals surface area (Å²) in [5, 5.41) is 4.34. The summed E-state index contributed by atoms with van der Waals surface area (Å²) in [4.78, 5) is 23.0. The molecule has 134 valence electrons. The van der Waals surface area contributed by atoms with Crippen LogP contribution < -0.4 is 5.73 Å². The van der Waals surface area contributed by atoms with Crippen LogP contribution in [0.1, 0.15) is 36.2 Å². The number of aromatic nitrogens is 4. The Hall–Kier alpha value is -2.44. The molecular weight excluding hydrogens is 316 g/mol. The average Bonchev–Trinajstić information content (AvgIpc) is 2.92. The lowest BCUT2D eigenvalue weighted by molar-refractivity contribution is -0.132. The summed E-state index contributed by atoms with van der Waals surface area (Å²) >= 11 is 0. The molecule has 7 heteroatoms. The van der Waals surface area contributed by atoms with Crippen molar-refractivity contribution >= 4 is 11.7 Å². The van der Waals surface area contributed by atoms with E-state index in [1.807, 2.05) is 25.1 Å². The van der Waals surface area contributed by atoms with Crippen LogP contribution in [0.15, 0.2) is 18.6 Å². The topological polar surface area (TPSA) is 89.9 Å². The van der Waals surface area contributed by atoms with Gasteiger partial charge < -0.3 is 10.6 Å². The van der Waals surface area contributed by atoms with Crippen molar-refractivity contribution in [3.05, 3.63) is 35.5 Å². The third kappa shape index (κ3) is 4.35. The maximum atomic E-state index is 12.6. The second-order valence-corrected chi connectivity index (χ2v) is 6.85. The van der Waals surface area contributed by atoms with Crippen LogP contribution >= 0.6 is 0 Å². The molecule has 0 aliphatic carbocycles. The summed E-state index contributed by atoms with van der Waals surface area (Å²) in [5.74, 6) is 1.12. The Morgan fingerprint density at radius 1 is 1.36 bits per heavy atom. The van der Waals surface area contributed by atoms with Gasteiger partial charge in [-0.2, -0.15) is 5.10 Å². The van der Waals surface area contributed by atoms with Crippen LogP contribution in [0.5, 0.6) is 0 Å². The number of hydrogen-bond acceptors (Lipinski definition) is 5. The lowest BCUT2D eigenvalue weighted by Gasteiger charge is -2.33. The van der Waals surface area contributed by atoms with Crippen molar-refractivity contribution in [1.29, 1.82) is 0 Å². The second kappa shape index (κ2) is 7.63. The van der Waals surface area contributed by atoms with Crippen molar-refractivity contribution in [3.8, 4) is 0 Å². The highest BCUT2D eigenvalue weighted by Crippen LogP contribution is 2.22. The number of nitrogens with two attached hydrogens (primary N) is 1. The van der Waals surface area contributed by atoms with Gasteiger partial charge in [0, 0.05) is 45.1 Å². The van der Waals surface area contributed by atoms with Gasteiger partial charge in [0.15, 0.2) is 0 Å². The molecule has 2 N–H and O–H groups in total. The van der Waals surface area contributed by atoms with Gasteiger partial charge in [-0.05, 0) is 44.1 Å². The molecule has 1 amide bonds. The number of carbonyl (C=O) groups excluding carboxylic acids is 1. The Morgan fingerprint density at radius 2 is 2.16 bits per heavy atom. The zero-order valence-electron chi connectivity index (χ0n) is 15.0. The van der Waals surface area contributed by atoms with Gasteiger partial charge in [0.25, 0.3) is 0 Å². The molecule has 25 heavy (non-hydrogen) atoms. The summed E-state index contributed by atoms with van der Waals surface area (Å²) in [5.41, 5.74) is 8.89. The SMILES string of the molecule is Cc1nn(C)cc1CCC(=O)N1CCC[C@@H](Cc2nccnc2N)C1. The molecule has 1 saturated heterocycles. The van der Waals surface area contributed by atoms with Gasteiger partial charge in [0.05, 0.1) is 11.4 Å². The first-order valence-electron chi connectivity index (χ1n) is 8.85. The summed E-state index contributed by atoms with van der Waals surface area (Å²) in [6.07, 6.45) is 9.47. The number of hydrogen-bond donors (Lipinski definition) is 1. The predicted octanol–water partition coefficient (Wildman–Crippen LogP) is 1.51. The number of likely N-dealkylation sites (tertiary alicyclic amines) is 1. The van der Waals surface area contributed by atoms with Crippen LogP contribution in [0.4, 0.5) is 5.82 Å². The molecule has 0 radical (unpaired) electrons. The predicted molar refractivity (Wildman–Crippen MR) is 95.7 cm³/mol. The monoisotopic (exact) mass is 342 g/mol. The van der Waals surface area contributed by atoms with E-state index in [1.165, 1.54) is 0 Å². The standard InChI is InChI=1S/C18H26N6O/c1-13-15(12-23(2)22-13)5-6-17(25)24-9-3-4-14(11-24)10-16-18(19)21-8-7-20-16/h7-8,12,14H,3-6,9-11H2,1-2H3,(H2,19,21)/t14-/m0/s1. The van der Waals surface area contributed by atoms with Gasteiger partial charge in [-0.25, -0.2) is 4.98 Å². The third-order valence-corrected chi connectivity index (χ3v) is 4.88. The van der Waals surface area contributed by atoms with Crippen LogP contribution in [0.2, 0.25) is 0 Å². The molecule has 1 aliphatic heterocycles. The quantitative estimate of drug-likeness (QED) is 0.889. The van der Waals surface area contributed by atoms with E-state index in [0.717, 1.165) is 55.7 Å². The first kappa shape index (κ1) is 17.4. The Labute approximate surface area is 148 Å². The number of piperidine rings is 1. The van der Waals surface area contributed by atoms with Crippen molar-refractivity contribution < 1.29 is 4.79 Å². The van der Waals surface area contributed by atoms with E-state index in [0.29, 0.717) is 18.2 Å². The van der Waals surface area contributed by atoms with Crippen LogP contribution in [0.25, 0.3) is 0 Å². The smallest absolute Gasteiger partial charge is 0.222 e. The Kier molecular flexibility index (Phi) is 5.31. The minimum Gasteiger partial charge on any atom is -0.382 e. The van der Waals surface area contributed by atoms with E-state index in [4.69, 9.17) is 5.73 Å². The fourth-order valence-corrected chi connectivity index (χ4v) is 3.56. The molecule has 0 bridgehead atoms. The summed E-state index contributed by atoms with van der Waals surface area (Å²) in [6.45, 7) is 3.61. The molecule has 1 fully saturated rings. The Bertz CT molecular complexity index is 741. The van der Waals surface area contributed by atoms with Crippen molar-refractivity contribution in [2.75, 3.05) is 18.8 Å². The minimum atomic E-state index is 0.222. The number of nitrogens with zero attached hydrogens (tertiary/aromatic N) is 5. The first-order valence-corrected chi connectivity index (χ1v) is 8.85. The molecule has 0 aromatic carbocycles. The zero-order valence-corrected chi connectivity index (χ0v) is 15.0. The Morgan fingerprint density at radius 3 is 2.88 bits per heavy atom. The summed E-state index contributed by atoms with van der Waals surface area (Å²) in [7, 11) is 1.91. The van der Waals surface area contributed by atoms with Gasteiger partial charge in [-0.15, -0.1) is 0 Å². The van der Waals surface area contributed by atoms with E-state index < -0.39 is 0 Å². The molecular formula is C18H26N6O. The number of amides is 1. The number of nitrogen functional groups attached to an aromatic ring is 1. The normalized spacial score (nSPS) is 17.7. The summed E-state index contributed by atoms with van der Waals surface area (Å²) < 4.78 is 1.80. The van der Waals surface area contributed by atoms with E-state index in [9.17, 15) is 4.79 Å². The van der Waals surface area contributed by atoms with Gasteiger partial charge >= 0.3 is 0 Å². The second-order valence-electron chi connectivity index (χ2n) is 6.85. The number of carbonyl (C=O) groups is 1. The van der Waals surface area contributed by atoms with Crippen LogP contribution in [0.3, 0.4) is 0 Å². The molecule has 7 nitrogen and oxygen atoms in total. The number of rotatable bonds is 5. The third-order valence-electron chi connectivity index (χ3n) is 4.88. The van der Waals surface area contributed by atoms with Gasteiger partial charge in [-0.3, -0.25) is 14.5 Å². The van der Waals surface area contributed by atoms with Gasteiger partial charge in [0.2, 0.25) is 5.91 Å².